The predicted molar refractivity (Wildman–Crippen MR) is 115 cm³/mol. The summed E-state index contributed by atoms with van der Waals surface area (Å²) in [6.45, 7) is 0.0112. The number of halogens is 2. The van der Waals surface area contributed by atoms with Gasteiger partial charge in [-0.1, -0.05) is 6.42 Å². The molecule has 1 aromatic heterocycles. The van der Waals surface area contributed by atoms with Crippen molar-refractivity contribution in [3.63, 3.8) is 0 Å². The number of nitrogens with zero attached hydrogens (tertiary/aromatic N) is 2. The first-order chi connectivity index (χ1) is 15.1. The van der Waals surface area contributed by atoms with Crippen molar-refractivity contribution >= 4 is 5.96 Å². The van der Waals surface area contributed by atoms with Crippen molar-refractivity contribution in [2.24, 2.45) is 4.99 Å². The van der Waals surface area contributed by atoms with E-state index >= 15 is 0 Å². The van der Waals surface area contributed by atoms with E-state index in [0.29, 0.717) is 23.8 Å². The molecular formula is C22H30F2N4O3. The molecule has 170 valence electrons. The van der Waals surface area contributed by atoms with Gasteiger partial charge in [0.15, 0.2) is 5.96 Å². The number of hydrogen-bond donors (Lipinski definition) is 2. The third-order valence-electron chi connectivity index (χ3n) is 5.33. The van der Waals surface area contributed by atoms with E-state index in [1.807, 2.05) is 12.1 Å². The van der Waals surface area contributed by atoms with E-state index < -0.39 is 6.61 Å². The van der Waals surface area contributed by atoms with Gasteiger partial charge >= 0.3 is 6.61 Å². The Balaban J connectivity index is 1.62. The smallest absolute Gasteiger partial charge is 0.387 e. The van der Waals surface area contributed by atoms with Crippen LogP contribution in [0.5, 0.6) is 11.5 Å². The molecule has 1 aliphatic heterocycles. The SMILES string of the molecule is CN=C(NCc1ccc(OC)cc1OC(F)F)NCC(c1ccco1)N1CCCCC1. The first-order valence-corrected chi connectivity index (χ1v) is 10.4. The molecule has 0 saturated carbocycles. The molecule has 0 aliphatic carbocycles. The lowest BCUT2D eigenvalue weighted by atomic mass is 10.1. The summed E-state index contributed by atoms with van der Waals surface area (Å²) in [5.41, 5.74) is 0.572. The van der Waals surface area contributed by atoms with Gasteiger partial charge in [-0.15, -0.1) is 0 Å². The number of ether oxygens (including phenoxy) is 2. The topological polar surface area (TPSA) is 71.3 Å². The Bertz CT molecular complexity index is 824. The summed E-state index contributed by atoms with van der Waals surface area (Å²) in [5.74, 6) is 1.99. The monoisotopic (exact) mass is 436 g/mol. The third-order valence-corrected chi connectivity index (χ3v) is 5.33. The molecule has 2 N–H and O–H groups in total. The van der Waals surface area contributed by atoms with Gasteiger partial charge < -0.3 is 24.5 Å². The number of likely N-dealkylation sites (tertiary alicyclic amines) is 1. The summed E-state index contributed by atoms with van der Waals surface area (Å²) in [4.78, 5) is 6.67. The van der Waals surface area contributed by atoms with Gasteiger partial charge in [-0.05, 0) is 50.2 Å². The molecular weight excluding hydrogens is 406 g/mol. The van der Waals surface area contributed by atoms with E-state index in [4.69, 9.17) is 9.15 Å². The normalized spacial score (nSPS) is 16.2. The standard InChI is InChI=1S/C22H30F2N4O3/c1-25-22(26-14-16-8-9-17(29-2)13-20(16)31-21(23)24)27-15-18(19-7-6-12-30-19)28-10-4-3-5-11-28/h6-9,12-13,18,21H,3-5,10-11,14-15H2,1-2H3,(H2,25,26,27). The van der Waals surface area contributed by atoms with Crippen LogP contribution in [0.2, 0.25) is 0 Å². The van der Waals surface area contributed by atoms with Crippen molar-refractivity contribution in [1.29, 1.82) is 0 Å². The largest absolute Gasteiger partial charge is 0.497 e. The molecule has 31 heavy (non-hydrogen) atoms. The van der Waals surface area contributed by atoms with Gasteiger partial charge in [0.25, 0.3) is 0 Å². The lowest BCUT2D eigenvalue weighted by Crippen LogP contribution is -2.44. The van der Waals surface area contributed by atoms with Crippen LogP contribution >= 0.6 is 0 Å². The van der Waals surface area contributed by atoms with E-state index in [1.54, 1.807) is 25.4 Å². The van der Waals surface area contributed by atoms with Crippen LogP contribution < -0.4 is 20.1 Å². The van der Waals surface area contributed by atoms with E-state index in [2.05, 4.69) is 25.3 Å². The molecule has 2 heterocycles. The number of furan rings is 1. The third kappa shape index (κ3) is 6.58. The number of aliphatic imine (C=N–C) groups is 1. The fourth-order valence-corrected chi connectivity index (χ4v) is 3.73. The highest BCUT2D eigenvalue weighted by Crippen LogP contribution is 2.27. The highest BCUT2D eigenvalue weighted by molar-refractivity contribution is 5.79. The fraction of sp³-hybridized carbons (Fsp3) is 0.500. The number of piperidine rings is 1. The summed E-state index contributed by atoms with van der Waals surface area (Å²) in [5, 5.41) is 6.50. The van der Waals surface area contributed by atoms with Gasteiger partial charge in [0, 0.05) is 31.8 Å². The van der Waals surface area contributed by atoms with E-state index in [-0.39, 0.29) is 18.3 Å². The molecule has 9 heteroatoms. The minimum atomic E-state index is -2.91. The maximum atomic E-state index is 12.8. The highest BCUT2D eigenvalue weighted by Gasteiger charge is 2.24. The number of methoxy groups -OCH3 is 1. The molecule has 7 nitrogen and oxygen atoms in total. The first kappa shape index (κ1) is 22.9. The Morgan fingerprint density at radius 2 is 2.00 bits per heavy atom. The van der Waals surface area contributed by atoms with Crippen molar-refractivity contribution in [3.8, 4) is 11.5 Å². The maximum Gasteiger partial charge on any atom is 0.387 e. The second-order valence-electron chi connectivity index (χ2n) is 7.29. The summed E-state index contributed by atoms with van der Waals surface area (Å²) >= 11 is 0. The van der Waals surface area contributed by atoms with Crippen LogP contribution in [0, 0.1) is 0 Å². The van der Waals surface area contributed by atoms with Gasteiger partial charge in [-0.25, -0.2) is 0 Å². The molecule has 1 aliphatic rings. The Kier molecular flexibility index (Phi) is 8.52. The van der Waals surface area contributed by atoms with Gasteiger partial charge in [0.05, 0.1) is 19.4 Å². The van der Waals surface area contributed by atoms with Crippen molar-refractivity contribution in [1.82, 2.24) is 15.5 Å². The zero-order valence-electron chi connectivity index (χ0n) is 17.9. The Hall–Kier alpha value is -2.81. The molecule has 2 aromatic rings. The minimum absolute atomic E-state index is 0.0686. The average Bonchev–Trinajstić information content (AvgIpc) is 3.31. The highest BCUT2D eigenvalue weighted by atomic mass is 19.3. The molecule has 0 bridgehead atoms. The average molecular weight is 437 g/mol. The molecule has 1 aromatic carbocycles. The van der Waals surface area contributed by atoms with Crippen molar-refractivity contribution in [3.05, 3.63) is 47.9 Å². The quantitative estimate of drug-likeness (QED) is 0.461. The van der Waals surface area contributed by atoms with Gasteiger partial charge in [0.2, 0.25) is 0 Å². The molecule has 0 radical (unpaired) electrons. The van der Waals surface area contributed by atoms with E-state index in [0.717, 1.165) is 18.8 Å². The number of alkyl halides is 2. The molecule has 1 saturated heterocycles. The van der Waals surface area contributed by atoms with Crippen LogP contribution in [0.1, 0.15) is 36.6 Å². The number of rotatable bonds is 9. The maximum absolute atomic E-state index is 12.8. The zero-order valence-corrected chi connectivity index (χ0v) is 17.9. The second-order valence-corrected chi connectivity index (χ2v) is 7.29. The minimum Gasteiger partial charge on any atom is -0.497 e. The molecule has 1 atom stereocenters. The molecule has 3 rings (SSSR count). The number of hydrogen-bond acceptors (Lipinski definition) is 5. The van der Waals surface area contributed by atoms with Gasteiger partial charge in [-0.3, -0.25) is 9.89 Å². The Morgan fingerprint density at radius 1 is 1.19 bits per heavy atom. The molecule has 1 unspecified atom stereocenters. The number of guanidine groups is 1. The van der Waals surface area contributed by atoms with Crippen LogP contribution in [0.3, 0.4) is 0 Å². The molecule has 0 spiro atoms. The van der Waals surface area contributed by atoms with Crippen LogP contribution in [-0.4, -0.2) is 51.3 Å². The lowest BCUT2D eigenvalue weighted by Gasteiger charge is -2.33. The Labute approximate surface area is 181 Å². The summed E-state index contributed by atoms with van der Waals surface area (Å²) in [6, 6.07) is 8.82. The fourth-order valence-electron chi connectivity index (χ4n) is 3.73. The van der Waals surface area contributed by atoms with Gasteiger partial charge in [0.1, 0.15) is 17.3 Å². The summed E-state index contributed by atoms with van der Waals surface area (Å²) in [7, 11) is 3.14. The van der Waals surface area contributed by atoms with Crippen LogP contribution in [0.15, 0.2) is 46.0 Å². The van der Waals surface area contributed by atoms with Crippen molar-refractivity contribution in [2.75, 3.05) is 33.8 Å². The second kappa shape index (κ2) is 11.5. The van der Waals surface area contributed by atoms with Crippen LogP contribution in [0.4, 0.5) is 8.78 Å². The Morgan fingerprint density at radius 3 is 2.65 bits per heavy atom. The molecule has 0 amide bonds. The van der Waals surface area contributed by atoms with Gasteiger partial charge in [-0.2, -0.15) is 8.78 Å². The van der Waals surface area contributed by atoms with Crippen LogP contribution in [-0.2, 0) is 6.54 Å². The lowest BCUT2D eigenvalue weighted by molar-refractivity contribution is -0.0505. The summed E-state index contributed by atoms with van der Waals surface area (Å²) in [6.07, 6.45) is 5.29. The van der Waals surface area contributed by atoms with E-state index in [1.165, 1.54) is 32.4 Å². The number of benzene rings is 1. The predicted octanol–water partition coefficient (Wildman–Crippen LogP) is 3.78. The van der Waals surface area contributed by atoms with Crippen molar-refractivity contribution < 1.29 is 22.7 Å². The van der Waals surface area contributed by atoms with E-state index in [9.17, 15) is 8.78 Å². The first-order valence-electron chi connectivity index (χ1n) is 10.4. The van der Waals surface area contributed by atoms with Crippen molar-refractivity contribution in [2.45, 2.75) is 38.5 Å². The zero-order chi connectivity index (χ0) is 22.1. The summed E-state index contributed by atoms with van der Waals surface area (Å²) < 4.78 is 41.0. The van der Waals surface area contributed by atoms with Crippen LogP contribution in [0.25, 0.3) is 0 Å². The number of nitrogens with one attached hydrogen (secondary N) is 2. The molecule has 1 fully saturated rings.